The summed E-state index contributed by atoms with van der Waals surface area (Å²) in [6, 6.07) is 25.4. The summed E-state index contributed by atoms with van der Waals surface area (Å²) in [6.07, 6.45) is 8.71. The largest absolute Gasteiger partial charge is 0.264 e. The van der Waals surface area contributed by atoms with Gasteiger partial charge in [-0.3, -0.25) is 4.98 Å². The average Bonchev–Trinajstić information content (AvgIpc) is 2.80. The number of halogens is 2. The molecule has 1 aliphatic rings. The maximum absolute atomic E-state index is 6.48. The molecule has 0 saturated heterocycles. The molecular formula is C27H23Cl2N. The summed E-state index contributed by atoms with van der Waals surface area (Å²) in [5.74, 6) is 0. The zero-order valence-electron chi connectivity index (χ0n) is 16.6. The highest BCUT2D eigenvalue weighted by Gasteiger charge is 2.14. The summed E-state index contributed by atoms with van der Waals surface area (Å²) in [5, 5.41) is 8.47. The molecule has 5 aromatic rings. The molecule has 0 N–H and O–H groups in total. The van der Waals surface area contributed by atoms with Crippen LogP contribution in [0.25, 0.3) is 32.3 Å². The van der Waals surface area contributed by atoms with E-state index < -0.39 is 0 Å². The molecule has 30 heavy (non-hydrogen) atoms. The zero-order valence-corrected chi connectivity index (χ0v) is 18.2. The van der Waals surface area contributed by atoms with Crippen LogP contribution in [0.5, 0.6) is 0 Å². The Hall–Kier alpha value is -2.61. The van der Waals surface area contributed by atoms with Crippen molar-refractivity contribution in [3.63, 3.8) is 0 Å². The van der Waals surface area contributed by atoms with Gasteiger partial charge in [0, 0.05) is 22.8 Å². The molecule has 0 atom stereocenters. The summed E-state index contributed by atoms with van der Waals surface area (Å²) >= 11 is 6.48. The predicted molar refractivity (Wildman–Crippen MR) is 132 cm³/mol. The summed E-state index contributed by atoms with van der Waals surface area (Å²) in [4.78, 5) is 4.01. The Bertz CT molecular complexity index is 1260. The predicted octanol–water partition coefficient (Wildman–Crippen LogP) is 8.18. The van der Waals surface area contributed by atoms with Gasteiger partial charge in [0.05, 0.1) is 0 Å². The first-order valence-corrected chi connectivity index (χ1v) is 10.6. The standard InChI is InChI=1S/C18H15Cl.C9H7N.ClH/c19-18-11-17-13-6-2-1-5-12(13)9-10-15(17)14-7-3-4-8-16(14)18;1-2-4-9-7-10-6-5-8(9)3-1;/h3-4,7-11H,1-2,5-6H2;1-7H;1H. The second-order valence-corrected chi connectivity index (χ2v) is 8.04. The molecule has 4 aromatic carbocycles. The molecule has 1 aliphatic carbocycles. The maximum atomic E-state index is 6.48. The number of pyridine rings is 1. The highest BCUT2D eigenvalue weighted by molar-refractivity contribution is 6.37. The van der Waals surface area contributed by atoms with Crippen LogP contribution in [0.2, 0.25) is 5.02 Å². The number of fused-ring (bicyclic) bond motifs is 6. The lowest BCUT2D eigenvalue weighted by molar-refractivity contribution is 0.690. The zero-order chi connectivity index (χ0) is 19.6. The number of benzene rings is 4. The molecule has 150 valence electrons. The first-order valence-electron chi connectivity index (χ1n) is 10.2. The van der Waals surface area contributed by atoms with Crippen LogP contribution in [0.1, 0.15) is 24.0 Å². The van der Waals surface area contributed by atoms with Crippen LogP contribution in [-0.4, -0.2) is 4.98 Å². The van der Waals surface area contributed by atoms with E-state index >= 15 is 0 Å². The van der Waals surface area contributed by atoms with Gasteiger partial charge >= 0.3 is 0 Å². The first-order chi connectivity index (χ1) is 14.3. The molecular weight excluding hydrogens is 409 g/mol. The Labute approximate surface area is 188 Å². The SMILES string of the molecule is Cl.Clc1cc2c3c(ccc2c2ccccc12)CCCC3.c1ccc2cnccc2c1. The molecule has 0 aliphatic heterocycles. The molecule has 0 radical (unpaired) electrons. The van der Waals surface area contributed by atoms with E-state index in [2.05, 4.69) is 59.6 Å². The van der Waals surface area contributed by atoms with E-state index in [1.807, 2.05) is 30.6 Å². The Morgan fingerprint density at radius 1 is 0.667 bits per heavy atom. The van der Waals surface area contributed by atoms with Gasteiger partial charge in [-0.15, -0.1) is 12.4 Å². The van der Waals surface area contributed by atoms with Crippen LogP contribution in [0.3, 0.4) is 0 Å². The number of nitrogens with zero attached hydrogens (tertiary/aromatic N) is 1. The van der Waals surface area contributed by atoms with E-state index in [1.54, 1.807) is 0 Å². The Morgan fingerprint density at radius 3 is 2.20 bits per heavy atom. The molecule has 0 saturated carbocycles. The number of aromatic nitrogens is 1. The molecule has 0 bridgehead atoms. The minimum absolute atomic E-state index is 0. The van der Waals surface area contributed by atoms with Crippen molar-refractivity contribution in [2.75, 3.05) is 0 Å². The fourth-order valence-electron chi connectivity index (χ4n) is 4.41. The topological polar surface area (TPSA) is 12.9 Å². The van der Waals surface area contributed by atoms with Gasteiger partial charge in [-0.1, -0.05) is 72.3 Å². The van der Waals surface area contributed by atoms with Gasteiger partial charge in [0.2, 0.25) is 0 Å². The summed E-state index contributed by atoms with van der Waals surface area (Å²) in [6.45, 7) is 0. The normalized spacial score (nSPS) is 12.7. The first kappa shape index (κ1) is 20.7. The van der Waals surface area contributed by atoms with Crippen molar-refractivity contribution in [2.24, 2.45) is 0 Å². The smallest absolute Gasteiger partial charge is 0.0490 e. The highest BCUT2D eigenvalue weighted by atomic mass is 35.5. The van der Waals surface area contributed by atoms with Crippen molar-refractivity contribution in [2.45, 2.75) is 25.7 Å². The number of hydrogen-bond acceptors (Lipinski definition) is 1. The number of rotatable bonds is 0. The summed E-state index contributed by atoms with van der Waals surface area (Å²) < 4.78 is 0. The molecule has 6 rings (SSSR count). The minimum Gasteiger partial charge on any atom is -0.264 e. The van der Waals surface area contributed by atoms with E-state index in [0.29, 0.717) is 0 Å². The second kappa shape index (κ2) is 9.04. The molecule has 0 unspecified atom stereocenters. The average molecular weight is 432 g/mol. The molecule has 1 heterocycles. The third-order valence-corrected chi connectivity index (χ3v) is 6.19. The molecule has 1 aromatic heterocycles. The van der Waals surface area contributed by atoms with Gasteiger partial charge in [-0.05, 0) is 75.9 Å². The van der Waals surface area contributed by atoms with Crippen LogP contribution in [0.15, 0.2) is 85.2 Å². The maximum Gasteiger partial charge on any atom is 0.0490 e. The van der Waals surface area contributed by atoms with Crippen molar-refractivity contribution in [1.82, 2.24) is 4.98 Å². The van der Waals surface area contributed by atoms with Crippen LogP contribution < -0.4 is 0 Å². The monoisotopic (exact) mass is 431 g/mol. The van der Waals surface area contributed by atoms with Crippen molar-refractivity contribution in [3.8, 4) is 0 Å². The lowest BCUT2D eigenvalue weighted by Gasteiger charge is -2.19. The Morgan fingerprint density at radius 2 is 1.37 bits per heavy atom. The third kappa shape index (κ3) is 3.88. The molecule has 0 spiro atoms. The number of hydrogen-bond donors (Lipinski definition) is 0. The van der Waals surface area contributed by atoms with Gasteiger partial charge in [0.1, 0.15) is 0 Å². The Balaban J connectivity index is 0.000000168. The fourth-order valence-corrected chi connectivity index (χ4v) is 4.69. The molecule has 0 amide bonds. The lowest BCUT2D eigenvalue weighted by Crippen LogP contribution is -2.03. The van der Waals surface area contributed by atoms with Crippen molar-refractivity contribution >= 4 is 56.3 Å². The second-order valence-electron chi connectivity index (χ2n) is 7.63. The van der Waals surface area contributed by atoms with E-state index in [0.717, 1.165) is 10.4 Å². The van der Waals surface area contributed by atoms with Crippen LogP contribution in [0.4, 0.5) is 0 Å². The number of aryl methyl sites for hydroxylation is 2. The van der Waals surface area contributed by atoms with Crippen LogP contribution in [-0.2, 0) is 12.8 Å². The third-order valence-electron chi connectivity index (χ3n) is 5.87. The van der Waals surface area contributed by atoms with Crippen LogP contribution in [0, 0.1) is 0 Å². The van der Waals surface area contributed by atoms with Gasteiger partial charge in [-0.25, -0.2) is 0 Å². The summed E-state index contributed by atoms with van der Waals surface area (Å²) in [7, 11) is 0. The molecule has 0 fully saturated rings. The minimum atomic E-state index is 0. The van der Waals surface area contributed by atoms with Crippen molar-refractivity contribution in [3.05, 3.63) is 101 Å². The van der Waals surface area contributed by atoms with Gasteiger partial charge < -0.3 is 0 Å². The molecule has 1 nitrogen and oxygen atoms in total. The molecule has 3 heteroatoms. The van der Waals surface area contributed by atoms with E-state index in [9.17, 15) is 0 Å². The van der Waals surface area contributed by atoms with Gasteiger partial charge in [0.15, 0.2) is 0 Å². The highest BCUT2D eigenvalue weighted by Crippen LogP contribution is 2.36. The summed E-state index contributed by atoms with van der Waals surface area (Å²) in [5.41, 5.74) is 3.04. The van der Waals surface area contributed by atoms with E-state index in [4.69, 9.17) is 11.6 Å². The quantitative estimate of drug-likeness (QED) is 0.225. The van der Waals surface area contributed by atoms with E-state index in [-0.39, 0.29) is 12.4 Å². The van der Waals surface area contributed by atoms with Crippen molar-refractivity contribution < 1.29 is 0 Å². The van der Waals surface area contributed by atoms with Gasteiger partial charge in [-0.2, -0.15) is 0 Å². The lowest BCUT2D eigenvalue weighted by atomic mass is 9.86. The van der Waals surface area contributed by atoms with E-state index in [1.165, 1.54) is 63.7 Å². The fraction of sp³-hybridized carbons (Fsp3) is 0.148. The Kier molecular flexibility index (Phi) is 6.22. The van der Waals surface area contributed by atoms with Gasteiger partial charge in [0.25, 0.3) is 0 Å². The van der Waals surface area contributed by atoms with Crippen LogP contribution >= 0.6 is 24.0 Å². The van der Waals surface area contributed by atoms with Crippen molar-refractivity contribution in [1.29, 1.82) is 0 Å².